The number of ether oxygens (including phenoxy) is 2. The summed E-state index contributed by atoms with van der Waals surface area (Å²) in [6.45, 7) is 0.711. The molecular formula is C9H10O4. The number of hydrogen-bond donors (Lipinski definition) is 2. The van der Waals surface area contributed by atoms with Crippen LogP contribution in [0.3, 0.4) is 0 Å². The molecule has 4 nitrogen and oxygen atoms in total. The molecule has 0 aromatic heterocycles. The highest BCUT2D eigenvalue weighted by atomic mass is 16.6. The molecule has 2 N–H and O–H groups in total. The molecule has 2 rings (SSSR count). The van der Waals surface area contributed by atoms with Crippen molar-refractivity contribution in [2.45, 2.75) is 6.61 Å². The third-order valence-corrected chi connectivity index (χ3v) is 1.94. The molecule has 0 fully saturated rings. The van der Waals surface area contributed by atoms with Crippen LogP contribution in [0, 0.1) is 0 Å². The highest BCUT2D eigenvalue weighted by Crippen LogP contribution is 2.40. The number of benzene rings is 1. The number of fused-ring (bicyclic) bond motifs is 1. The van der Waals surface area contributed by atoms with Crippen molar-refractivity contribution >= 4 is 0 Å². The molecule has 0 unspecified atom stereocenters. The van der Waals surface area contributed by atoms with Gasteiger partial charge in [-0.25, -0.2) is 0 Å². The Morgan fingerprint density at radius 1 is 1.23 bits per heavy atom. The van der Waals surface area contributed by atoms with Crippen LogP contribution in [0.5, 0.6) is 17.2 Å². The SMILES string of the molecule is OCc1ccc2c(c1O)OCCO2. The van der Waals surface area contributed by atoms with E-state index in [0.29, 0.717) is 30.3 Å². The Hall–Kier alpha value is -1.42. The first-order valence-corrected chi connectivity index (χ1v) is 4.04. The van der Waals surface area contributed by atoms with E-state index in [-0.39, 0.29) is 12.4 Å². The summed E-state index contributed by atoms with van der Waals surface area (Å²) in [6.07, 6.45) is 0. The van der Waals surface area contributed by atoms with Crippen LogP contribution >= 0.6 is 0 Å². The molecule has 0 amide bonds. The van der Waals surface area contributed by atoms with Crippen LogP contribution in [-0.2, 0) is 6.61 Å². The second-order valence-corrected chi connectivity index (χ2v) is 2.76. The van der Waals surface area contributed by atoms with Gasteiger partial charge in [0.05, 0.1) is 6.61 Å². The summed E-state index contributed by atoms with van der Waals surface area (Å²) in [5.74, 6) is 0.832. The monoisotopic (exact) mass is 182 g/mol. The molecule has 1 aliphatic rings. The molecule has 1 aromatic carbocycles. The molecule has 0 atom stereocenters. The van der Waals surface area contributed by atoms with Crippen molar-refractivity contribution in [2.24, 2.45) is 0 Å². The van der Waals surface area contributed by atoms with Gasteiger partial charge in [0.25, 0.3) is 0 Å². The smallest absolute Gasteiger partial charge is 0.203 e. The summed E-state index contributed by atoms with van der Waals surface area (Å²) in [7, 11) is 0. The zero-order valence-electron chi connectivity index (χ0n) is 6.99. The number of aliphatic hydroxyl groups is 1. The summed E-state index contributed by atoms with van der Waals surface area (Å²) in [5, 5.41) is 18.4. The van der Waals surface area contributed by atoms with Gasteiger partial charge in [-0.3, -0.25) is 0 Å². The van der Waals surface area contributed by atoms with E-state index in [9.17, 15) is 5.11 Å². The van der Waals surface area contributed by atoms with Crippen LogP contribution in [0.1, 0.15) is 5.56 Å². The number of phenols is 1. The van der Waals surface area contributed by atoms with Gasteiger partial charge in [0.15, 0.2) is 11.5 Å². The zero-order chi connectivity index (χ0) is 9.26. The molecule has 13 heavy (non-hydrogen) atoms. The summed E-state index contributed by atoms with van der Waals surface area (Å²) in [6, 6.07) is 3.29. The van der Waals surface area contributed by atoms with E-state index in [1.165, 1.54) is 0 Å². The van der Waals surface area contributed by atoms with Crippen molar-refractivity contribution in [1.29, 1.82) is 0 Å². The second kappa shape index (κ2) is 3.14. The van der Waals surface area contributed by atoms with Gasteiger partial charge >= 0.3 is 0 Å². The van der Waals surface area contributed by atoms with Crippen molar-refractivity contribution < 1.29 is 19.7 Å². The largest absolute Gasteiger partial charge is 0.504 e. The summed E-state index contributed by atoms with van der Waals surface area (Å²) in [4.78, 5) is 0. The van der Waals surface area contributed by atoms with E-state index in [1.807, 2.05) is 0 Å². The van der Waals surface area contributed by atoms with Crippen LogP contribution in [0.2, 0.25) is 0 Å². The first-order valence-electron chi connectivity index (χ1n) is 4.04. The minimum Gasteiger partial charge on any atom is -0.504 e. The minimum atomic E-state index is -0.206. The van der Waals surface area contributed by atoms with Gasteiger partial charge in [0, 0.05) is 5.56 Å². The molecule has 1 aliphatic heterocycles. The molecule has 0 saturated heterocycles. The Morgan fingerprint density at radius 2 is 2.00 bits per heavy atom. The van der Waals surface area contributed by atoms with Gasteiger partial charge in [-0.2, -0.15) is 0 Å². The maximum atomic E-state index is 9.57. The lowest BCUT2D eigenvalue weighted by Crippen LogP contribution is -2.15. The van der Waals surface area contributed by atoms with Gasteiger partial charge in [-0.1, -0.05) is 0 Å². The average Bonchev–Trinajstić information content (AvgIpc) is 2.19. The minimum absolute atomic E-state index is 0.0281. The lowest BCUT2D eigenvalue weighted by Gasteiger charge is -2.19. The standard InChI is InChI=1S/C9H10O4/c10-5-6-1-2-7-9(8(6)11)13-4-3-12-7/h1-2,10-11H,3-5H2. The fourth-order valence-electron chi connectivity index (χ4n) is 1.27. The number of rotatable bonds is 1. The van der Waals surface area contributed by atoms with Gasteiger partial charge in [-0.15, -0.1) is 0 Å². The van der Waals surface area contributed by atoms with E-state index >= 15 is 0 Å². The third kappa shape index (κ3) is 1.29. The number of aromatic hydroxyl groups is 1. The van der Waals surface area contributed by atoms with Crippen molar-refractivity contribution in [3.63, 3.8) is 0 Å². The van der Waals surface area contributed by atoms with E-state index < -0.39 is 0 Å². The third-order valence-electron chi connectivity index (χ3n) is 1.94. The average molecular weight is 182 g/mol. The van der Waals surface area contributed by atoms with Crippen LogP contribution in [0.25, 0.3) is 0 Å². The molecule has 0 saturated carbocycles. The number of hydrogen-bond acceptors (Lipinski definition) is 4. The van der Waals surface area contributed by atoms with Gasteiger partial charge in [0.1, 0.15) is 13.2 Å². The molecule has 0 spiro atoms. The molecule has 4 heteroatoms. The molecular weight excluding hydrogens is 172 g/mol. The Labute approximate surface area is 75.3 Å². The number of aliphatic hydroxyl groups excluding tert-OH is 1. The summed E-state index contributed by atoms with van der Waals surface area (Å²) < 4.78 is 10.4. The van der Waals surface area contributed by atoms with Crippen LogP contribution in [-0.4, -0.2) is 23.4 Å². The molecule has 0 bridgehead atoms. The molecule has 0 aliphatic carbocycles. The van der Waals surface area contributed by atoms with Crippen LogP contribution < -0.4 is 9.47 Å². The summed E-state index contributed by atoms with van der Waals surface area (Å²) >= 11 is 0. The van der Waals surface area contributed by atoms with Crippen LogP contribution in [0.4, 0.5) is 0 Å². The molecule has 1 aromatic rings. The van der Waals surface area contributed by atoms with Crippen molar-refractivity contribution in [3.05, 3.63) is 17.7 Å². The molecule has 70 valence electrons. The quantitative estimate of drug-likeness (QED) is 0.669. The van der Waals surface area contributed by atoms with Crippen molar-refractivity contribution in [3.8, 4) is 17.2 Å². The van der Waals surface area contributed by atoms with Crippen molar-refractivity contribution in [1.82, 2.24) is 0 Å². The van der Waals surface area contributed by atoms with E-state index in [1.54, 1.807) is 12.1 Å². The zero-order valence-corrected chi connectivity index (χ0v) is 6.99. The van der Waals surface area contributed by atoms with E-state index in [2.05, 4.69) is 0 Å². The fraction of sp³-hybridized carbons (Fsp3) is 0.333. The second-order valence-electron chi connectivity index (χ2n) is 2.76. The van der Waals surface area contributed by atoms with Crippen LogP contribution in [0.15, 0.2) is 12.1 Å². The van der Waals surface area contributed by atoms with Gasteiger partial charge in [-0.05, 0) is 12.1 Å². The highest BCUT2D eigenvalue weighted by Gasteiger charge is 2.17. The predicted octanol–water partition coefficient (Wildman–Crippen LogP) is 0.656. The first kappa shape index (κ1) is 8.19. The Bertz CT molecular complexity index is 322. The predicted molar refractivity (Wildman–Crippen MR) is 45.0 cm³/mol. The normalized spacial score (nSPS) is 14.2. The lowest BCUT2D eigenvalue weighted by atomic mass is 10.2. The Balaban J connectivity index is 2.48. The Morgan fingerprint density at radius 3 is 2.77 bits per heavy atom. The maximum absolute atomic E-state index is 9.57. The summed E-state index contributed by atoms with van der Waals surface area (Å²) in [5.41, 5.74) is 0.448. The lowest BCUT2D eigenvalue weighted by molar-refractivity contribution is 0.164. The van der Waals surface area contributed by atoms with E-state index in [0.717, 1.165) is 0 Å². The van der Waals surface area contributed by atoms with Gasteiger partial charge in [0.2, 0.25) is 5.75 Å². The highest BCUT2D eigenvalue weighted by molar-refractivity contribution is 5.55. The van der Waals surface area contributed by atoms with Crippen molar-refractivity contribution in [2.75, 3.05) is 13.2 Å². The maximum Gasteiger partial charge on any atom is 0.203 e. The first-order chi connectivity index (χ1) is 6.33. The Kier molecular flexibility index (Phi) is 1.98. The van der Waals surface area contributed by atoms with E-state index in [4.69, 9.17) is 14.6 Å². The molecule has 1 heterocycles. The topological polar surface area (TPSA) is 58.9 Å². The fourth-order valence-corrected chi connectivity index (χ4v) is 1.27. The molecule has 0 radical (unpaired) electrons. The van der Waals surface area contributed by atoms with Gasteiger partial charge < -0.3 is 19.7 Å².